The molecule has 0 aromatic heterocycles. The Bertz CT molecular complexity index is 912. The number of benzene rings is 1. The lowest BCUT2D eigenvalue weighted by Gasteiger charge is -2.31. The molecule has 0 radical (unpaired) electrons. The molecule has 29 heavy (non-hydrogen) atoms. The van der Waals surface area contributed by atoms with E-state index in [0.29, 0.717) is 23.7 Å². The number of barbiturate groups is 1. The predicted octanol–water partition coefficient (Wildman–Crippen LogP) is 3.11. The standard InChI is InChI=1S/C21H21IN2O5/c1-3-9-29-18-16(22)11-13(12-17(18)28-4-2)10-15-19(25)23-21(27)24(20(15)26)14-7-5-6-8-14/h1,10-12,14H,4-9H2,2H3,(H,23,25,27)/b15-10+. The van der Waals surface area contributed by atoms with E-state index in [9.17, 15) is 14.4 Å². The van der Waals surface area contributed by atoms with Gasteiger partial charge in [-0.1, -0.05) is 18.8 Å². The second kappa shape index (κ2) is 9.31. The number of ether oxygens (including phenoxy) is 2. The Morgan fingerprint density at radius 3 is 2.66 bits per heavy atom. The molecule has 2 fully saturated rings. The monoisotopic (exact) mass is 508 g/mol. The van der Waals surface area contributed by atoms with Gasteiger partial charge in [-0.2, -0.15) is 0 Å². The highest BCUT2D eigenvalue weighted by atomic mass is 127. The molecule has 7 nitrogen and oxygen atoms in total. The number of rotatable bonds is 6. The van der Waals surface area contributed by atoms with Crippen molar-refractivity contribution in [1.29, 1.82) is 0 Å². The molecule has 4 amide bonds. The number of hydrogen-bond acceptors (Lipinski definition) is 5. The van der Waals surface area contributed by atoms with E-state index >= 15 is 0 Å². The number of urea groups is 1. The number of carbonyl (C=O) groups is 3. The first-order chi connectivity index (χ1) is 14.0. The summed E-state index contributed by atoms with van der Waals surface area (Å²) in [6.45, 7) is 2.34. The summed E-state index contributed by atoms with van der Waals surface area (Å²) in [4.78, 5) is 38.7. The van der Waals surface area contributed by atoms with Gasteiger partial charge in [-0.15, -0.1) is 6.42 Å². The Hall–Kier alpha value is -2.54. The zero-order valence-electron chi connectivity index (χ0n) is 16.0. The second-order valence-electron chi connectivity index (χ2n) is 6.69. The average Bonchev–Trinajstić information content (AvgIpc) is 3.19. The Kier molecular flexibility index (Phi) is 6.79. The summed E-state index contributed by atoms with van der Waals surface area (Å²) >= 11 is 2.08. The molecule has 2 aliphatic rings. The maximum Gasteiger partial charge on any atom is 0.331 e. The highest BCUT2D eigenvalue weighted by molar-refractivity contribution is 14.1. The lowest BCUT2D eigenvalue weighted by atomic mass is 10.0. The quantitative estimate of drug-likeness (QED) is 0.277. The lowest BCUT2D eigenvalue weighted by molar-refractivity contribution is -0.131. The molecule has 1 aliphatic carbocycles. The van der Waals surface area contributed by atoms with Gasteiger partial charge in [-0.3, -0.25) is 19.8 Å². The number of halogens is 1. The molecular formula is C21H21IN2O5. The summed E-state index contributed by atoms with van der Waals surface area (Å²) in [5.41, 5.74) is 0.511. The number of nitrogens with one attached hydrogen (secondary N) is 1. The van der Waals surface area contributed by atoms with E-state index in [4.69, 9.17) is 15.9 Å². The van der Waals surface area contributed by atoms with Crippen LogP contribution in [0.15, 0.2) is 17.7 Å². The van der Waals surface area contributed by atoms with Gasteiger partial charge in [-0.05, 0) is 66.1 Å². The third-order valence-electron chi connectivity index (χ3n) is 4.77. The van der Waals surface area contributed by atoms with Crippen molar-refractivity contribution >= 4 is 46.5 Å². The first kappa shape index (κ1) is 21.2. The molecule has 1 N–H and O–H groups in total. The van der Waals surface area contributed by atoms with Crippen molar-refractivity contribution in [2.24, 2.45) is 0 Å². The van der Waals surface area contributed by atoms with Gasteiger partial charge in [0.25, 0.3) is 11.8 Å². The Labute approximate surface area is 182 Å². The van der Waals surface area contributed by atoms with Gasteiger partial charge in [0.05, 0.1) is 10.2 Å². The van der Waals surface area contributed by atoms with Crippen LogP contribution >= 0.6 is 22.6 Å². The fraction of sp³-hybridized carbons (Fsp3) is 0.381. The van der Waals surface area contributed by atoms with Crippen molar-refractivity contribution in [3.8, 4) is 23.8 Å². The van der Waals surface area contributed by atoms with Crippen molar-refractivity contribution in [3.63, 3.8) is 0 Å². The molecule has 1 aliphatic heterocycles. The zero-order valence-corrected chi connectivity index (χ0v) is 18.2. The van der Waals surface area contributed by atoms with E-state index in [1.54, 1.807) is 12.1 Å². The van der Waals surface area contributed by atoms with Crippen LogP contribution in [0.3, 0.4) is 0 Å². The van der Waals surface area contributed by atoms with E-state index in [1.165, 1.54) is 11.0 Å². The number of nitrogens with zero attached hydrogens (tertiary/aromatic N) is 1. The van der Waals surface area contributed by atoms with Gasteiger partial charge in [0.2, 0.25) is 0 Å². The number of terminal acetylenes is 1. The predicted molar refractivity (Wildman–Crippen MR) is 115 cm³/mol. The molecule has 3 rings (SSSR count). The van der Waals surface area contributed by atoms with Crippen molar-refractivity contribution in [3.05, 3.63) is 26.8 Å². The highest BCUT2D eigenvalue weighted by Crippen LogP contribution is 2.35. The van der Waals surface area contributed by atoms with Crippen LogP contribution in [0, 0.1) is 15.9 Å². The van der Waals surface area contributed by atoms with Gasteiger partial charge in [0.15, 0.2) is 11.5 Å². The molecule has 1 aromatic carbocycles. The fourth-order valence-corrected chi connectivity index (χ4v) is 4.30. The van der Waals surface area contributed by atoms with Crippen molar-refractivity contribution in [2.75, 3.05) is 13.2 Å². The minimum absolute atomic E-state index is 0.0768. The van der Waals surface area contributed by atoms with Crippen LogP contribution in [-0.2, 0) is 9.59 Å². The Morgan fingerprint density at radius 1 is 1.28 bits per heavy atom. The van der Waals surface area contributed by atoms with E-state index in [0.717, 1.165) is 29.3 Å². The molecule has 0 spiro atoms. The molecule has 0 bridgehead atoms. The molecule has 8 heteroatoms. The molecule has 0 unspecified atom stereocenters. The zero-order chi connectivity index (χ0) is 21.0. The highest BCUT2D eigenvalue weighted by Gasteiger charge is 2.40. The lowest BCUT2D eigenvalue weighted by Crippen LogP contribution is -2.57. The van der Waals surface area contributed by atoms with Gasteiger partial charge in [0, 0.05) is 6.04 Å². The van der Waals surface area contributed by atoms with Crippen LogP contribution in [-0.4, -0.2) is 42.0 Å². The normalized spacial score (nSPS) is 18.7. The molecule has 1 aromatic rings. The largest absolute Gasteiger partial charge is 0.490 e. The minimum atomic E-state index is -0.699. The van der Waals surface area contributed by atoms with Gasteiger partial charge >= 0.3 is 6.03 Å². The first-order valence-electron chi connectivity index (χ1n) is 9.39. The summed E-state index contributed by atoms with van der Waals surface area (Å²) in [5.74, 6) is 2.12. The Balaban J connectivity index is 1.96. The topological polar surface area (TPSA) is 84.9 Å². The summed E-state index contributed by atoms with van der Waals surface area (Å²) in [6.07, 6.45) is 10.2. The van der Waals surface area contributed by atoms with Crippen LogP contribution < -0.4 is 14.8 Å². The number of amides is 4. The molecule has 0 atom stereocenters. The van der Waals surface area contributed by atoms with Crippen LogP contribution in [0.25, 0.3) is 6.08 Å². The summed E-state index contributed by atoms with van der Waals surface area (Å²) in [6, 6.07) is 2.63. The molecule has 152 valence electrons. The maximum atomic E-state index is 12.9. The fourth-order valence-electron chi connectivity index (χ4n) is 3.52. The van der Waals surface area contributed by atoms with E-state index in [-0.39, 0.29) is 18.2 Å². The van der Waals surface area contributed by atoms with Crippen molar-refractivity contribution < 1.29 is 23.9 Å². The average molecular weight is 508 g/mol. The summed E-state index contributed by atoms with van der Waals surface area (Å²) < 4.78 is 11.9. The minimum Gasteiger partial charge on any atom is -0.490 e. The van der Waals surface area contributed by atoms with Crippen LogP contribution in [0.5, 0.6) is 11.5 Å². The number of imide groups is 2. The smallest absolute Gasteiger partial charge is 0.331 e. The van der Waals surface area contributed by atoms with Gasteiger partial charge < -0.3 is 9.47 Å². The second-order valence-corrected chi connectivity index (χ2v) is 7.85. The number of carbonyl (C=O) groups excluding carboxylic acids is 3. The van der Waals surface area contributed by atoms with Crippen molar-refractivity contribution in [2.45, 2.75) is 38.6 Å². The molecule has 1 saturated carbocycles. The maximum absolute atomic E-state index is 12.9. The van der Waals surface area contributed by atoms with Gasteiger partial charge in [0.1, 0.15) is 12.2 Å². The van der Waals surface area contributed by atoms with Crippen LogP contribution in [0.2, 0.25) is 0 Å². The van der Waals surface area contributed by atoms with E-state index < -0.39 is 17.8 Å². The van der Waals surface area contributed by atoms with Crippen LogP contribution in [0.1, 0.15) is 38.2 Å². The summed E-state index contributed by atoms with van der Waals surface area (Å²) in [5, 5.41) is 2.28. The molecule has 1 saturated heterocycles. The third-order valence-corrected chi connectivity index (χ3v) is 5.57. The van der Waals surface area contributed by atoms with Gasteiger partial charge in [-0.25, -0.2) is 4.79 Å². The number of hydrogen-bond donors (Lipinski definition) is 1. The van der Waals surface area contributed by atoms with Crippen molar-refractivity contribution in [1.82, 2.24) is 10.2 Å². The molecule has 1 heterocycles. The SMILES string of the molecule is C#CCOc1c(I)cc(/C=C2\C(=O)NC(=O)N(C3CCCC3)C2=O)cc1OCC. The summed E-state index contributed by atoms with van der Waals surface area (Å²) in [7, 11) is 0. The Morgan fingerprint density at radius 2 is 2.00 bits per heavy atom. The third kappa shape index (κ3) is 4.56. The first-order valence-corrected chi connectivity index (χ1v) is 10.5. The molecular weight excluding hydrogens is 487 g/mol. The van der Waals surface area contributed by atoms with Crippen LogP contribution in [0.4, 0.5) is 4.79 Å². The van der Waals surface area contributed by atoms with E-state index in [2.05, 4.69) is 33.8 Å². The van der Waals surface area contributed by atoms with E-state index in [1.807, 2.05) is 6.92 Å².